The molecule has 3 fully saturated rings. The van der Waals surface area contributed by atoms with Crippen molar-refractivity contribution in [2.75, 3.05) is 6.54 Å². The fraction of sp³-hybridized carbons (Fsp3) is 0.641. The van der Waals surface area contributed by atoms with Crippen LogP contribution in [0.2, 0.25) is 0 Å². The lowest BCUT2D eigenvalue weighted by atomic mass is 9.88. The highest BCUT2D eigenvalue weighted by Gasteiger charge is 2.63. The van der Waals surface area contributed by atoms with Crippen LogP contribution in [0.15, 0.2) is 41.2 Å². The van der Waals surface area contributed by atoms with Crippen LogP contribution < -0.4 is 25.7 Å². The summed E-state index contributed by atoms with van der Waals surface area (Å²) in [5, 5.41) is 10.2. The van der Waals surface area contributed by atoms with Gasteiger partial charge in [0.15, 0.2) is 0 Å². The third-order valence-electron chi connectivity index (χ3n) is 12.0. The Morgan fingerprint density at radius 2 is 1.74 bits per heavy atom. The standard InChI is InChI=1S/C39H51F3N6O9S/c1-7-48-32(50)27-15-11-10-14-26(27)31(45-48)56-25-19-28-30(49)44-38(34(52)46-58(54,55)37(6)16-17-37)20-24(38)13-9-8-12-22(2)18-23(3)29(33(51)47(28)21-25)43-35(53)57-36(4,5)39(40,41)42/h9-11,13-15,22-25,28-29H,7-8,12,16-21H2,1-6H3,(H,43,53)(H,44,49)(H,46,52)/b13-9-/t22-,23+,24-,25+,28-,29-,38+/m0/s1. The summed E-state index contributed by atoms with van der Waals surface area (Å²) >= 11 is 0. The second kappa shape index (κ2) is 15.5. The number of sulfonamides is 1. The molecule has 3 heterocycles. The van der Waals surface area contributed by atoms with E-state index >= 15 is 0 Å². The van der Waals surface area contributed by atoms with Gasteiger partial charge in [0.05, 0.1) is 22.1 Å². The molecule has 4 amide bonds. The molecule has 2 aliphatic heterocycles. The van der Waals surface area contributed by atoms with Crippen LogP contribution in [0.1, 0.15) is 86.5 Å². The predicted octanol–water partition coefficient (Wildman–Crippen LogP) is 4.09. The summed E-state index contributed by atoms with van der Waals surface area (Å²) in [4.78, 5) is 70.5. The molecule has 0 bridgehead atoms. The molecule has 7 atom stereocenters. The highest BCUT2D eigenvalue weighted by molar-refractivity contribution is 7.91. The van der Waals surface area contributed by atoms with Gasteiger partial charge >= 0.3 is 12.3 Å². The van der Waals surface area contributed by atoms with E-state index in [1.165, 1.54) is 11.6 Å². The maximum atomic E-state index is 14.8. The maximum absolute atomic E-state index is 14.8. The molecular weight excluding hydrogens is 786 g/mol. The van der Waals surface area contributed by atoms with Crippen LogP contribution in [-0.2, 0) is 35.7 Å². The van der Waals surface area contributed by atoms with Gasteiger partial charge in [-0.25, -0.2) is 17.9 Å². The Kier molecular flexibility index (Phi) is 11.5. The Balaban J connectivity index is 1.37. The summed E-state index contributed by atoms with van der Waals surface area (Å²) in [5.41, 5.74) is -4.92. The van der Waals surface area contributed by atoms with Gasteiger partial charge in [0.1, 0.15) is 23.7 Å². The number of halogens is 3. The van der Waals surface area contributed by atoms with E-state index < -0.39 is 85.9 Å². The summed E-state index contributed by atoms with van der Waals surface area (Å²) < 4.78 is 81.0. The Morgan fingerprint density at radius 3 is 2.38 bits per heavy atom. The van der Waals surface area contributed by atoms with Gasteiger partial charge in [-0.05, 0) is 90.2 Å². The minimum absolute atomic E-state index is 0.0505. The van der Waals surface area contributed by atoms with Gasteiger partial charge < -0.3 is 25.0 Å². The second-order valence-corrected chi connectivity index (χ2v) is 19.1. The number of amides is 4. The highest BCUT2D eigenvalue weighted by atomic mass is 32.2. The summed E-state index contributed by atoms with van der Waals surface area (Å²) in [6.45, 7) is 8.14. The zero-order chi connectivity index (χ0) is 42.6. The zero-order valence-corrected chi connectivity index (χ0v) is 34.2. The molecule has 3 N–H and O–H groups in total. The lowest BCUT2D eigenvalue weighted by molar-refractivity contribution is -0.244. The van der Waals surface area contributed by atoms with Crippen molar-refractivity contribution in [1.82, 2.24) is 30.0 Å². The minimum Gasteiger partial charge on any atom is -0.471 e. The van der Waals surface area contributed by atoms with Crippen molar-refractivity contribution in [3.05, 3.63) is 46.8 Å². The number of hydrogen-bond acceptors (Lipinski definition) is 10. The van der Waals surface area contributed by atoms with Gasteiger partial charge in [-0.15, -0.1) is 5.10 Å². The van der Waals surface area contributed by atoms with Gasteiger partial charge in [-0.3, -0.25) is 23.9 Å². The third-order valence-corrected chi connectivity index (χ3v) is 14.1. The number of rotatable bonds is 8. The molecule has 58 heavy (non-hydrogen) atoms. The molecule has 1 saturated heterocycles. The fourth-order valence-corrected chi connectivity index (χ4v) is 9.02. The molecule has 318 valence electrons. The van der Waals surface area contributed by atoms with E-state index in [9.17, 15) is 45.6 Å². The first-order valence-corrected chi connectivity index (χ1v) is 21.1. The Bertz CT molecular complexity index is 2170. The number of carbonyl (C=O) groups excluding carboxylic acids is 4. The average molecular weight is 837 g/mol. The number of carbonyl (C=O) groups is 4. The summed E-state index contributed by atoms with van der Waals surface area (Å²) in [7, 11) is -4.09. The summed E-state index contributed by atoms with van der Waals surface area (Å²) in [6, 6.07) is 3.79. The second-order valence-electron chi connectivity index (χ2n) is 17.0. The van der Waals surface area contributed by atoms with E-state index in [0.717, 1.165) is 4.90 Å². The number of hydrogen-bond donors (Lipinski definition) is 3. The Morgan fingerprint density at radius 1 is 1.07 bits per heavy atom. The van der Waals surface area contributed by atoms with E-state index in [-0.39, 0.29) is 43.3 Å². The predicted molar refractivity (Wildman–Crippen MR) is 205 cm³/mol. The molecule has 15 nitrogen and oxygen atoms in total. The van der Waals surface area contributed by atoms with Gasteiger partial charge in [-0.2, -0.15) is 13.2 Å². The molecule has 1 aromatic heterocycles. The molecule has 0 radical (unpaired) electrons. The first-order valence-electron chi connectivity index (χ1n) is 19.6. The Labute approximate surface area is 334 Å². The van der Waals surface area contributed by atoms with Crippen LogP contribution >= 0.6 is 0 Å². The summed E-state index contributed by atoms with van der Waals surface area (Å²) in [5.74, 6) is -3.78. The molecule has 2 aromatic rings. The number of ether oxygens (including phenoxy) is 2. The van der Waals surface area contributed by atoms with E-state index in [4.69, 9.17) is 9.47 Å². The number of aromatic nitrogens is 2. The zero-order valence-electron chi connectivity index (χ0n) is 33.4. The number of alkyl halides is 3. The van der Waals surface area contributed by atoms with Crippen molar-refractivity contribution in [3.63, 3.8) is 0 Å². The lowest BCUT2D eigenvalue weighted by Crippen LogP contribution is -2.59. The number of nitrogens with zero attached hydrogens (tertiary/aromatic N) is 3. The third kappa shape index (κ3) is 8.41. The average Bonchev–Trinajstić information content (AvgIpc) is 4.02. The quantitative estimate of drug-likeness (QED) is 0.326. The van der Waals surface area contributed by atoms with Gasteiger partial charge in [0.25, 0.3) is 11.5 Å². The molecule has 4 aliphatic rings. The van der Waals surface area contributed by atoms with Crippen molar-refractivity contribution in [2.45, 2.75) is 133 Å². The van der Waals surface area contributed by atoms with Crippen LogP contribution in [-0.4, -0.2) is 93.7 Å². The van der Waals surface area contributed by atoms with Crippen LogP contribution in [0.3, 0.4) is 0 Å². The van der Waals surface area contributed by atoms with Crippen molar-refractivity contribution < 1.29 is 50.2 Å². The number of fused-ring (bicyclic) bond motifs is 3. The minimum atomic E-state index is -4.93. The molecule has 6 rings (SSSR count). The van der Waals surface area contributed by atoms with Crippen LogP contribution in [0.25, 0.3) is 10.8 Å². The molecule has 1 aromatic carbocycles. The van der Waals surface area contributed by atoms with Crippen molar-refractivity contribution in [2.24, 2.45) is 17.8 Å². The largest absolute Gasteiger partial charge is 0.471 e. The monoisotopic (exact) mass is 836 g/mol. The topological polar surface area (TPSA) is 195 Å². The van der Waals surface area contributed by atoms with Crippen LogP contribution in [0.5, 0.6) is 5.88 Å². The first kappa shape index (κ1) is 42.9. The van der Waals surface area contributed by atoms with Gasteiger partial charge in [0.2, 0.25) is 33.3 Å². The number of alkyl carbamates (subject to hydrolysis) is 1. The number of aryl methyl sites for hydroxylation is 1. The maximum Gasteiger partial charge on any atom is 0.427 e. The number of benzene rings is 1. The fourth-order valence-electron chi connectivity index (χ4n) is 7.71. The van der Waals surface area contributed by atoms with Gasteiger partial charge in [-0.1, -0.05) is 38.1 Å². The van der Waals surface area contributed by atoms with Crippen LogP contribution in [0, 0.1) is 17.8 Å². The molecule has 0 unspecified atom stereocenters. The Hall–Kier alpha value is -4.68. The van der Waals surface area contributed by atoms with E-state index in [0.29, 0.717) is 56.7 Å². The van der Waals surface area contributed by atoms with Crippen LogP contribution in [0.4, 0.5) is 18.0 Å². The number of allylic oxidation sites excluding steroid dienone is 1. The van der Waals surface area contributed by atoms with E-state index in [2.05, 4.69) is 20.5 Å². The summed E-state index contributed by atoms with van der Waals surface area (Å²) in [6.07, 6.45) is -1.63. The SMILES string of the molecule is CCn1nc(O[C@@H]2C[C@H]3C(=O)N[C@]4(C(=O)NS(=O)(=O)C5(C)CC5)C[C@@H]4/C=C\CC[C@H](C)C[C@@H](C)[C@H](NC(=O)OC(C)(C)C(F)(F)F)C(=O)N3C2)c2ccccc2c1=O. The van der Waals surface area contributed by atoms with Crippen molar-refractivity contribution in [3.8, 4) is 5.88 Å². The normalized spacial score (nSPS) is 29.5. The van der Waals surface area contributed by atoms with E-state index in [1.807, 2.05) is 13.0 Å². The van der Waals surface area contributed by atoms with Crippen molar-refractivity contribution >= 4 is 44.6 Å². The molecule has 19 heteroatoms. The highest BCUT2D eigenvalue weighted by Crippen LogP contribution is 2.47. The molecular formula is C39H51F3N6O9S. The van der Waals surface area contributed by atoms with Gasteiger partial charge in [0, 0.05) is 18.9 Å². The first-order chi connectivity index (χ1) is 27.0. The molecule has 2 saturated carbocycles. The van der Waals surface area contributed by atoms with Crippen molar-refractivity contribution in [1.29, 1.82) is 0 Å². The number of nitrogens with one attached hydrogen (secondary N) is 3. The molecule has 2 aliphatic carbocycles. The lowest BCUT2D eigenvalue weighted by Gasteiger charge is -2.34. The smallest absolute Gasteiger partial charge is 0.427 e. The van der Waals surface area contributed by atoms with E-state index in [1.54, 1.807) is 44.2 Å². The molecule has 0 spiro atoms.